The minimum absolute atomic E-state index is 0.149. The van der Waals surface area contributed by atoms with E-state index in [1.807, 2.05) is 6.07 Å². The maximum absolute atomic E-state index is 10.8. The zero-order valence-electron chi connectivity index (χ0n) is 12.5. The van der Waals surface area contributed by atoms with Crippen molar-refractivity contribution in [2.45, 2.75) is 52.1 Å². The van der Waals surface area contributed by atoms with Gasteiger partial charge in [0.25, 0.3) is 5.69 Å². The summed E-state index contributed by atoms with van der Waals surface area (Å²) in [6, 6.07) is 7.60. The Hall–Kier alpha value is -1.42. The van der Waals surface area contributed by atoms with Crippen molar-refractivity contribution in [1.82, 2.24) is 5.32 Å². The van der Waals surface area contributed by atoms with Gasteiger partial charge in [-0.2, -0.15) is 0 Å². The lowest BCUT2D eigenvalue weighted by Gasteiger charge is -2.35. The predicted molar refractivity (Wildman–Crippen MR) is 80.6 cm³/mol. The van der Waals surface area contributed by atoms with Crippen molar-refractivity contribution in [2.24, 2.45) is 11.8 Å². The number of nitro groups is 1. The SMILES string of the molecule is CC1CCC(NC(C)c2cccc([N+](=O)[O-])c2)C(C)C1. The molecule has 1 N–H and O–H groups in total. The van der Waals surface area contributed by atoms with Crippen LogP contribution in [0.5, 0.6) is 0 Å². The lowest BCUT2D eigenvalue weighted by Crippen LogP contribution is -2.40. The maximum atomic E-state index is 10.8. The minimum atomic E-state index is -0.332. The fourth-order valence-electron chi connectivity index (χ4n) is 3.24. The molecule has 4 nitrogen and oxygen atoms in total. The van der Waals surface area contributed by atoms with Crippen LogP contribution in [0.4, 0.5) is 5.69 Å². The number of rotatable bonds is 4. The summed E-state index contributed by atoms with van der Waals surface area (Å²) in [6.07, 6.45) is 3.73. The fourth-order valence-corrected chi connectivity index (χ4v) is 3.24. The molecule has 0 aromatic heterocycles. The average molecular weight is 276 g/mol. The fraction of sp³-hybridized carbons (Fsp3) is 0.625. The monoisotopic (exact) mass is 276 g/mol. The Morgan fingerprint density at radius 1 is 1.35 bits per heavy atom. The van der Waals surface area contributed by atoms with Gasteiger partial charge in [-0.3, -0.25) is 10.1 Å². The number of nitrogens with one attached hydrogen (secondary N) is 1. The summed E-state index contributed by atoms with van der Waals surface area (Å²) in [5.74, 6) is 1.48. The van der Waals surface area contributed by atoms with Gasteiger partial charge in [-0.1, -0.05) is 26.0 Å². The second kappa shape index (κ2) is 6.35. The molecule has 4 atom stereocenters. The molecule has 0 bridgehead atoms. The summed E-state index contributed by atoms with van der Waals surface area (Å²) in [6.45, 7) is 6.70. The predicted octanol–water partition coefficient (Wildman–Crippen LogP) is 4.07. The Morgan fingerprint density at radius 3 is 2.75 bits per heavy atom. The van der Waals surface area contributed by atoms with Gasteiger partial charge in [0.1, 0.15) is 0 Å². The van der Waals surface area contributed by atoms with Gasteiger partial charge in [0.05, 0.1) is 4.92 Å². The van der Waals surface area contributed by atoms with E-state index in [1.165, 1.54) is 19.3 Å². The van der Waals surface area contributed by atoms with Crippen molar-refractivity contribution in [2.75, 3.05) is 0 Å². The molecule has 0 saturated heterocycles. The first kappa shape index (κ1) is 15.0. The van der Waals surface area contributed by atoms with Crippen LogP contribution in [0.25, 0.3) is 0 Å². The second-order valence-corrected chi connectivity index (χ2v) is 6.24. The average Bonchev–Trinajstić information content (AvgIpc) is 2.42. The number of hydrogen-bond donors (Lipinski definition) is 1. The molecule has 1 aliphatic carbocycles. The van der Waals surface area contributed by atoms with Gasteiger partial charge in [0.15, 0.2) is 0 Å². The van der Waals surface area contributed by atoms with Crippen LogP contribution in [0.2, 0.25) is 0 Å². The highest BCUT2D eigenvalue weighted by atomic mass is 16.6. The van der Waals surface area contributed by atoms with Crippen LogP contribution < -0.4 is 5.32 Å². The van der Waals surface area contributed by atoms with E-state index in [4.69, 9.17) is 0 Å². The topological polar surface area (TPSA) is 55.2 Å². The molecule has 1 aromatic rings. The van der Waals surface area contributed by atoms with E-state index in [2.05, 4.69) is 26.1 Å². The largest absolute Gasteiger partial charge is 0.307 e. The Labute approximate surface area is 120 Å². The van der Waals surface area contributed by atoms with E-state index in [1.54, 1.807) is 18.2 Å². The number of benzene rings is 1. The van der Waals surface area contributed by atoms with Crippen LogP contribution in [0.1, 0.15) is 51.6 Å². The molecule has 0 spiro atoms. The zero-order chi connectivity index (χ0) is 14.7. The highest BCUT2D eigenvalue weighted by molar-refractivity contribution is 5.35. The summed E-state index contributed by atoms with van der Waals surface area (Å²) < 4.78 is 0. The highest BCUT2D eigenvalue weighted by Crippen LogP contribution is 2.30. The molecule has 1 aromatic carbocycles. The van der Waals surface area contributed by atoms with Crippen molar-refractivity contribution in [3.05, 3.63) is 39.9 Å². The lowest BCUT2D eigenvalue weighted by atomic mass is 9.79. The van der Waals surface area contributed by atoms with Gasteiger partial charge in [-0.05, 0) is 43.6 Å². The van der Waals surface area contributed by atoms with E-state index in [0.29, 0.717) is 12.0 Å². The molecular formula is C16H24N2O2. The van der Waals surface area contributed by atoms with Crippen molar-refractivity contribution >= 4 is 5.69 Å². The zero-order valence-corrected chi connectivity index (χ0v) is 12.5. The normalized spacial score (nSPS) is 28.1. The quantitative estimate of drug-likeness (QED) is 0.666. The molecule has 1 aliphatic rings. The van der Waals surface area contributed by atoms with Crippen LogP contribution in [0.3, 0.4) is 0 Å². The van der Waals surface area contributed by atoms with E-state index < -0.39 is 0 Å². The molecule has 0 heterocycles. The number of nitrogens with zero attached hydrogens (tertiary/aromatic N) is 1. The van der Waals surface area contributed by atoms with Gasteiger partial charge in [0, 0.05) is 24.2 Å². The van der Waals surface area contributed by atoms with Gasteiger partial charge in [-0.15, -0.1) is 0 Å². The van der Waals surface area contributed by atoms with Crippen molar-refractivity contribution in [1.29, 1.82) is 0 Å². The summed E-state index contributed by atoms with van der Waals surface area (Å²) >= 11 is 0. The Bertz CT molecular complexity index is 475. The van der Waals surface area contributed by atoms with E-state index >= 15 is 0 Å². The molecule has 110 valence electrons. The first-order valence-corrected chi connectivity index (χ1v) is 7.47. The minimum Gasteiger partial charge on any atom is -0.307 e. The number of hydrogen-bond acceptors (Lipinski definition) is 3. The third-order valence-electron chi connectivity index (χ3n) is 4.48. The van der Waals surface area contributed by atoms with Gasteiger partial charge < -0.3 is 5.32 Å². The smallest absolute Gasteiger partial charge is 0.269 e. The van der Waals surface area contributed by atoms with E-state index in [0.717, 1.165) is 11.5 Å². The molecular weight excluding hydrogens is 252 g/mol. The van der Waals surface area contributed by atoms with E-state index in [9.17, 15) is 10.1 Å². The van der Waals surface area contributed by atoms with Gasteiger partial charge in [0.2, 0.25) is 0 Å². The Balaban J connectivity index is 2.02. The molecule has 1 fully saturated rings. The maximum Gasteiger partial charge on any atom is 0.269 e. The van der Waals surface area contributed by atoms with Crippen molar-refractivity contribution in [3.8, 4) is 0 Å². The summed E-state index contributed by atoms with van der Waals surface area (Å²) in [5.41, 5.74) is 1.16. The van der Waals surface area contributed by atoms with Crippen molar-refractivity contribution < 1.29 is 4.92 Å². The first-order chi connectivity index (χ1) is 9.47. The highest BCUT2D eigenvalue weighted by Gasteiger charge is 2.26. The Kier molecular flexibility index (Phi) is 4.76. The molecule has 20 heavy (non-hydrogen) atoms. The van der Waals surface area contributed by atoms with Crippen molar-refractivity contribution in [3.63, 3.8) is 0 Å². The molecule has 4 heteroatoms. The third kappa shape index (κ3) is 3.57. The van der Waals surface area contributed by atoms with Crippen LogP contribution in [0, 0.1) is 22.0 Å². The summed E-state index contributed by atoms with van der Waals surface area (Å²) in [7, 11) is 0. The molecule has 4 unspecified atom stereocenters. The van der Waals surface area contributed by atoms with Crippen LogP contribution >= 0.6 is 0 Å². The molecule has 0 amide bonds. The molecule has 1 saturated carbocycles. The second-order valence-electron chi connectivity index (χ2n) is 6.24. The van der Waals surface area contributed by atoms with Crippen LogP contribution in [-0.4, -0.2) is 11.0 Å². The molecule has 0 radical (unpaired) electrons. The standard InChI is InChI=1S/C16H24N2O2/c1-11-7-8-16(12(2)9-11)17-13(3)14-5-4-6-15(10-14)18(19)20/h4-6,10-13,16-17H,7-9H2,1-3H3. The first-order valence-electron chi connectivity index (χ1n) is 7.47. The summed E-state index contributed by atoms with van der Waals surface area (Å²) in [5, 5.41) is 14.5. The van der Waals surface area contributed by atoms with Gasteiger partial charge in [-0.25, -0.2) is 0 Å². The van der Waals surface area contributed by atoms with Crippen LogP contribution in [0.15, 0.2) is 24.3 Å². The number of nitro benzene ring substituents is 1. The van der Waals surface area contributed by atoms with Gasteiger partial charge >= 0.3 is 0 Å². The lowest BCUT2D eigenvalue weighted by molar-refractivity contribution is -0.384. The summed E-state index contributed by atoms with van der Waals surface area (Å²) in [4.78, 5) is 10.5. The Morgan fingerprint density at radius 2 is 2.10 bits per heavy atom. The third-order valence-corrected chi connectivity index (χ3v) is 4.48. The van der Waals surface area contributed by atoms with E-state index in [-0.39, 0.29) is 16.7 Å². The van der Waals surface area contributed by atoms with Crippen LogP contribution in [-0.2, 0) is 0 Å². The molecule has 2 rings (SSSR count). The number of non-ortho nitro benzene ring substituents is 1. The molecule has 0 aliphatic heterocycles.